The Morgan fingerprint density at radius 2 is 2.15 bits per heavy atom. The van der Waals surface area contributed by atoms with Crippen molar-refractivity contribution in [2.75, 3.05) is 0 Å². The number of hydrogen-bond donors (Lipinski definition) is 0. The van der Waals surface area contributed by atoms with E-state index in [1.807, 2.05) is 0 Å². The molecule has 2 aliphatic carbocycles. The number of rotatable bonds is 0. The van der Waals surface area contributed by atoms with Crippen molar-refractivity contribution in [3.63, 3.8) is 0 Å². The van der Waals surface area contributed by atoms with Gasteiger partial charge in [-0.3, -0.25) is 0 Å². The molecule has 0 nitrogen and oxygen atoms in total. The molecule has 2 unspecified atom stereocenters. The van der Waals surface area contributed by atoms with Crippen molar-refractivity contribution in [2.45, 2.75) is 32.1 Å². The summed E-state index contributed by atoms with van der Waals surface area (Å²) >= 11 is 2.50. The molecule has 0 N–H and O–H groups in total. The highest BCUT2D eigenvalue weighted by Gasteiger charge is 2.40. The maximum atomic E-state index is 2.50. The molecule has 2 aliphatic rings. The van der Waals surface area contributed by atoms with E-state index in [-0.39, 0.29) is 0 Å². The molecule has 3 rings (SSSR count). The van der Waals surface area contributed by atoms with Crippen LogP contribution in [0.4, 0.5) is 0 Å². The van der Waals surface area contributed by atoms with E-state index in [4.69, 9.17) is 0 Å². The largest absolute Gasteiger partial charge is 0.0580 e. The van der Waals surface area contributed by atoms with Crippen molar-refractivity contribution in [3.05, 3.63) is 32.4 Å². The van der Waals surface area contributed by atoms with E-state index < -0.39 is 0 Å². The van der Waals surface area contributed by atoms with E-state index in [9.17, 15) is 0 Å². The van der Waals surface area contributed by atoms with E-state index in [0.29, 0.717) is 0 Å². The van der Waals surface area contributed by atoms with E-state index in [0.717, 1.165) is 11.8 Å². The van der Waals surface area contributed by atoms with Crippen LogP contribution in [-0.2, 0) is 6.42 Å². The van der Waals surface area contributed by atoms with Gasteiger partial charge in [0.1, 0.15) is 0 Å². The molecule has 68 valence electrons. The Hall–Kier alpha value is -0.0500. The van der Waals surface area contributed by atoms with Crippen LogP contribution in [0.1, 0.15) is 35.4 Å². The second-order valence-corrected chi connectivity index (χ2v) is 5.57. The number of benzene rings is 1. The second-order valence-electron chi connectivity index (χ2n) is 4.40. The fourth-order valence-corrected chi connectivity index (χ4v) is 3.78. The van der Waals surface area contributed by atoms with Gasteiger partial charge in [0.05, 0.1) is 0 Å². The summed E-state index contributed by atoms with van der Waals surface area (Å²) in [6.07, 6.45) is 4.27. The predicted molar refractivity (Wildman–Crippen MR) is 63.1 cm³/mol. The average molecular weight is 284 g/mol. The molecule has 0 radical (unpaired) electrons. The van der Waals surface area contributed by atoms with Crippen LogP contribution in [0.15, 0.2) is 12.1 Å². The molecule has 1 fully saturated rings. The third-order valence-electron chi connectivity index (χ3n) is 3.79. The average Bonchev–Trinajstić information content (AvgIpc) is 2.33. The van der Waals surface area contributed by atoms with Crippen LogP contribution >= 0.6 is 22.6 Å². The lowest BCUT2D eigenvalue weighted by molar-refractivity contribution is 0.280. The lowest BCUT2D eigenvalue weighted by Crippen LogP contribution is -2.19. The smallest absolute Gasteiger partial charge is 0.0168 e. The molecular weight excluding hydrogens is 271 g/mol. The van der Waals surface area contributed by atoms with Gasteiger partial charge in [0.15, 0.2) is 0 Å². The molecule has 0 aliphatic heterocycles. The van der Waals surface area contributed by atoms with E-state index in [1.54, 1.807) is 11.1 Å². The van der Waals surface area contributed by atoms with Crippen LogP contribution < -0.4 is 0 Å². The van der Waals surface area contributed by atoms with Gasteiger partial charge in [0.2, 0.25) is 0 Å². The van der Waals surface area contributed by atoms with Crippen molar-refractivity contribution in [3.8, 4) is 0 Å². The predicted octanol–water partition coefficient (Wildman–Crippen LogP) is 3.65. The van der Waals surface area contributed by atoms with Gasteiger partial charge >= 0.3 is 0 Å². The van der Waals surface area contributed by atoms with Crippen molar-refractivity contribution < 1.29 is 0 Å². The van der Waals surface area contributed by atoms with Crippen LogP contribution in [-0.4, -0.2) is 0 Å². The molecule has 0 bridgehead atoms. The quantitative estimate of drug-likeness (QED) is 0.638. The third kappa shape index (κ3) is 1.03. The summed E-state index contributed by atoms with van der Waals surface area (Å²) < 4.78 is 1.50. The number of fused-ring (bicyclic) bond motifs is 3. The molecule has 1 saturated carbocycles. The summed E-state index contributed by atoms with van der Waals surface area (Å²) in [5, 5.41) is 0. The Morgan fingerprint density at radius 3 is 2.85 bits per heavy atom. The molecule has 1 aromatic carbocycles. The third-order valence-corrected chi connectivity index (χ3v) is 4.73. The molecule has 1 heteroatoms. The minimum absolute atomic E-state index is 0.932. The highest BCUT2D eigenvalue weighted by molar-refractivity contribution is 14.1. The number of halogens is 1. The molecule has 2 atom stereocenters. The Bertz CT molecular complexity index is 368. The van der Waals surface area contributed by atoms with Crippen LogP contribution in [0.2, 0.25) is 0 Å². The van der Waals surface area contributed by atoms with Crippen molar-refractivity contribution in [1.82, 2.24) is 0 Å². The first-order valence-corrected chi connectivity index (χ1v) is 6.13. The van der Waals surface area contributed by atoms with Crippen molar-refractivity contribution in [1.29, 1.82) is 0 Å². The van der Waals surface area contributed by atoms with Crippen molar-refractivity contribution in [2.24, 2.45) is 5.92 Å². The monoisotopic (exact) mass is 284 g/mol. The summed E-state index contributed by atoms with van der Waals surface area (Å²) in [5.41, 5.74) is 4.90. The Morgan fingerprint density at radius 1 is 1.31 bits per heavy atom. The highest BCUT2D eigenvalue weighted by Crippen LogP contribution is 2.53. The highest BCUT2D eigenvalue weighted by atomic mass is 127. The molecule has 0 heterocycles. The van der Waals surface area contributed by atoms with Crippen LogP contribution in [0.25, 0.3) is 0 Å². The number of aryl methyl sites for hydroxylation is 1. The maximum absolute atomic E-state index is 2.50. The standard InChI is InChI=1S/C12H13I/c1-7-2-5-11(13)12-9-4-3-8(9)6-10(7)12/h2,5,8-9H,3-4,6H2,1H3. The SMILES string of the molecule is Cc1ccc(I)c2c1CC1CCC21. The normalized spacial score (nSPS) is 29.4. The Balaban J connectivity index is 2.21. The van der Waals surface area contributed by atoms with Crippen LogP contribution in [0.3, 0.4) is 0 Å². The number of hydrogen-bond acceptors (Lipinski definition) is 0. The first-order chi connectivity index (χ1) is 6.27. The lowest BCUT2D eigenvalue weighted by atomic mass is 9.74. The second kappa shape index (κ2) is 2.72. The van der Waals surface area contributed by atoms with Crippen molar-refractivity contribution >= 4 is 22.6 Å². The Kier molecular flexibility index (Phi) is 1.73. The Labute approximate surface area is 92.9 Å². The van der Waals surface area contributed by atoms with E-state index >= 15 is 0 Å². The van der Waals surface area contributed by atoms with E-state index in [1.165, 1.54) is 28.4 Å². The molecule has 0 amide bonds. The van der Waals surface area contributed by atoms with Gasteiger partial charge in [-0.2, -0.15) is 0 Å². The van der Waals surface area contributed by atoms with Gasteiger partial charge in [0.25, 0.3) is 0 Å². The first kappa shape index (κ1) is 8.27. The fourth-order valence-electron chi connectivity index (χ4n) is 2.87. The fraction of sp³-hybridized carbons (Fsp3) is 0.500. The van der Waals surface area contributed by atoms with Gasteiger partial charge in [-0.1, -0.05) is 6.07 Å². The molecule has 0 aromatic heterocycles. The van der Waals surface area contributed by atoms with Gasteiger partial charge < -0.3 is 0 Å². The molecule has 1 aromatic rings. The minimum atomic E-state index is 0.932. The minimum Gasteiger partial charge on any atom is -0.0580 e. The zero-order chi connectivity index (χ0) is 9.00. The van der Waals surface area contributed by atoms with E-state index in [2.05, 4.69) is 41.6 Å². The van der Waals surface area contributed by atoms with Crippen LogP contribution in [0.5, 0.6) is 0 Å². The first-order valence-electron chi connectivity index (χ1n) is 5.05. The summed E-state index contributed by atoms with van der Waals surface area (Å²) in [6.45, 7) is 2.26. The summed E-state index contributed by atoms with van der Waals surface area (Å²) in [4.78, 5) is 0. The zero-order valence-corrected chi connectivity index (χ0v) is 9.97. The summed E-state index contributed by atoms with van der Waals surface area (Å²) in [5.74, 6) is 1.94. The topological polar surface area (TPSA) is 0 Å². The lowest BCUT2D eigenvalue weighted by Gasteiger charge is -2.31. The molecular formula is C12H13I. The van der Waals surface area contributed by atoms with Gasteiger partial charge in [0, 0.05) is 3.57 Å². The van der Waals surface area contributed by atoms with Gasteiger partial charge in [-0.15, -0.1) is 0 Å². The zero-order valence-electron chi connectivity index (χ0n) is 7.81. The van der Waals surface area contributed by atoms with Gasteiger partial charge in [-0.05, 0) is 83.4 Å². The van der Waals surface area contributed by atoms with Crippen LogP contribution in [0, 0.1) is 16.4 Å². The molecule has 0 spiro atoms. The summed E-state index contributed by atoms with van der Waals surface area (Å²) in [7, 11) is 0. The van der Waals surface area contributed by atoms with Gasteiger partial charge in [-0.25, -0.2) is 0 Å². The maximum Gasteiger partial charge on any atom is 0.0168 e. The molecule has 0 saturated heterocycles. The molecule has 13 heavy (non-hydrogen) atoms. The summed E-state index contributed by atoms with van der Waals surface area (Å²) in [6, 6.07) is 4.57.